The predicted octanol–water partition coefficient (Wildman–Crippen LogP) is 5.16. The molecule has 1 fully saturated rings. The number of carboxylic acids is 1. The first-order valence-corrected chi connectivity index (χ1v) is 11.4. The zero-order valence-corrected chi connectivity index (χ0v) is 19.0. The normalized spacial score (nSPS) is 17.7. The van der Waals surface area contributed by atoms with Crippen molar-refractivity contribution in [2.75, 3.05) is 6.67 Å². The molecule has 1 saturated carbocycles. The number of halogens is 2. The highest BCUT2D eigenvalue weighted by Crippen LogP contribution is 2.36. The molecule has 2 aliphatic rings. The van der Waals surface area contributed by atoms with Crippen molar-refractivity contribution in [3.05, 3.63) is 65.2 Å². The molecule has 8 heteroatoms. The van der Waals surface area contributed by atoms with Crippen molar-refractivity contribution >= 4 is 23.3 Å². The number of hydrazone groups is 1. The quantitative estimate of drug-likeness (QED) is 0.575. The lowest BCUT2D eigenvalue weighted by Crippen LogP contribution is -2.44. The number of rotatable bonds is 6. The van der Waals surface area contributed by atoms with Crippen molar-refractivity contribution in [3.63, 3.8) is 0 Å². The molecule has 2 N–H and O–H groups in total. The first kappa shape index (κ1) is 23.6. The fourth-order valence-electron chi connectivity index (χ4n) is 4.68. The van der Waals surface area contributed by atoms with Crippen molar-refractivity contribution in [2.24, 2.45) is 11.0 Å². The summed E-state index contributed by atoms with van der Waals surface area (Å²) < 4.78 is 27.5. The summed E-state index contributed by atoms with van der Waals surface area (Å²) in [5.74, 6) is -2.41. The van der Waals surface area contributed by atoms with Gasteiger partial charge >= 0.3 is 5.97 Å². The molecule has 0 saturated heterocycles. The van der Waals surface area contributed by atoms with Gasteiger partial charge in [-0.05, 0) is 48.9 Å². The third kappa shape index (κ3) is 5.16. The van der Waals surface area contributed by atoms with Gasteiger partial charge in [-0.15, -0.1) is 0 Å². The molecular weight excluding hydrogens is 440 g/mol. The highest BCUT2D eigenvalue weighted by molar-refractivity contribution is 6.04. The molecule has 1 amide bonds. The number of carbonyl (C=O) groups is 2. The highest BCUT2D eigenvalue weighted by Gasteiger charge is 2.34. The predicted molar refractivity (Wildman–Crippen MR) is 125 cm³/mol. The van der Waals surface area contributed by atoms with Gasteiger partial charge in [0.05, 0.1) is 12.1 Å². The van der Waals surface area contributed by atoms with E-state index in [9.17, 15) is 18.4 Å². The topological polar surface area (TPSA) is 82.0 Å². The molecule has 2 aromatic rings. The zero-order valence-electron chi connectivity index (χ0n) is 19.0. The fourth-order valence-corrected chi connectivity index (χ4v) is 4.68. The first-order chi connectivity index (χ1) is 16.3. The van der Waals surface area contributed by atoms with Gasteiger partial charge in [0, 0.05) is 22.9 Å². The van der Waals surface area contributed by atoms with Crippen LogP contribution in [0, 0.1) is 17.6 Å². The van der Waals surface area contributed by atoms with Crippen LogP contribution < -0.4 is 5.32 Å². The maximum atomic E-state index is 14.2. The maximum Gasteiger partial charge on any atom is 0.309 e. The van der Waals surface area contributed by atoms with Crippen LogP contribution >= 0.6 is 0 Å². The summed E-state index contributed by atoms with van der Waals surface area (Å²) in [5, 5.41) is 17.9. The number of hydrogen-bond donors (Lipinski definition) is 2. The average molecular weight is 468 g/mol. The summed E-state index contributed by atoms with van der Waals surface area (Å²) in [4.78, 5) is 24.5. The Hall–Kier alpha value is -3.55. The minimum atomic E-state index is -1.000. The molecule has 1 heterocycles. The molecule has 1 aliphatic carbocycles. The molecule has 4 rings (SSSR count). The van der Waals surface area contributed by atoms with Crippen molar-refractivity contribution in [1.82, 2.24) is 10.3 Å². The lowest BCUT2D eigenvalue weighted by atomic mass is 9.81. The molecule has 0 unspecified atom stereocenters. The maximum absolute atomic E-state index is 14.2. The molecule has 0 spiro atoms. The highest BCUT2D eigenvalue weighted by atomic mass is 19.1. The minimum Gasteiger partial charge on any atom is -0.481 e. The zero-order chi connectivity index (χ0) is 24.2. The molecular formula is C26H27F2N3O3. The summed E-state index contributed by atoms with van der Waals surface area (Å²) in [6.45, 7) is 1.71. The van der Waals surface area contributed by atoms with Crippen molar-refractivity contribution < 1.29 is 23.5 Å². The van der Waals surface area contributed by atoms with Crippen LogP contribution in [0.4, 0.5) is 8.78 Å². The van der Waals surface area contributed by atoms with Crippen molar-refractivity contribution in [1.29, 1.82) is 0 Å². The van der Waals surface area contributed by atoms with Gasteiger partial charge in [-0.3, -0.25) is 9.59 Å². The van der Waals surface area contributed by atoms with E-state index in [2.05, 4.69) is 10.4 Å². The molecule has 178 valence electrons. The first-order valence-electron chi connectivity index (χ1n) is 11.4. The number of nitrogens with zero attached hydrogens (tertiary/aromatic N) is 2. The van der Waals surface area contributed by atoms with E-state index in [1.807, 2.05) is 12.1 Å². The van der Waals surface area contributed by atoms with Gasteiger partial charge in [0.15, 0.2) is 0 Å². The van der Waals surface area contributed by atoms with Gasteiger partial charge in [-0.2, -0.15) is 5.10 Å². The van der Waals surface area contributed by atoms with E-state index in [1.54, 1.807) is 19.1 Å². The Morgan fingerprint density at radius 3 is 2.41 bits per heavy atom. The molecule has 0 radical (unpaired) electrons. The smallest absolute Gasteiger partial charge is 0.309 e. The lowest BCUT2D eigenvalue weighted by Gasteiger charge is -2.34. The van der Waals surface area contributed by atoms with Crippen LogP contribution in [0.25, 0.3) is 16.8 Å². The Balaban J connectivity index is 1.69. The number of carboxylic acid groups (broad SMARTS) is 1. The van der Waals surface area contributed by atoms with Crippen molar-refractivity contribution in [2.45, 2.75) is 45.4 Å². The SMILES string of the molecule is C/C(CC(=O)O)=N\N1CNC(c2ccc(-c3ccc(F)cc3F)cc2)=C(C2CCCCC2)C1=O. The second-order valence-corrected chi connectivity index (χ2v) is 8.77. The molecule has 1 aliphatic heterocycles. The van der Waals surface area contributed by atoms with Crippen LogP contribution in [-0.2, 0) is 9.59 Å². The Bertz CT molecular complexity index is 1150. The van der Waals surface area contributed by atoms with Crippen LogP contribution in [0.2, 0.25) is 0 Å². The van der Waals surface area contributed by atoms with Gasteiger partial charge in [-0.1, -0.05) is 43.5 Å². The van der Waals surface area contributed by atoms with Crippen LogP contribution in [-0.4, -0.2) is 34.4 Å². The lowest BCUT2D eigenvalue weighted by molar-refractivity contribution is -0.135. The second kappa shape index (κ2) is 10.2. The van der Waals surface area contributed by atoms with Crippen molar-refractivity contribution in [3.8, 4) is 11.1 Å². The molecule has 2 aromatic carbocycles. The standard InChI is InChI=1S/C26H27F2N3O3/c1-16(13-23(32)33)30-31-15-29-25(24(26(31)34)18-5-3-2-4-6-18)19-9-7-17(8-10-19)21-12-11-20(27)14-22(21)28/h7-12,14,18,29H,2-6,13,15H2,1H3,(H,32,33)/b30-16+. The summed E-state index contributed by atoms with van der Waals surface area (Å²) >= 11 is 0. The molecule has 0 aromatic heterocycles. The van der Waals surface area contributed by atoms with Crippen LogP contribution in [0.1, 0.15) is 51.0 Å². The Kier molecular flexibility index (Phi) is 7.05. The van der Waals surface area contributed by atoms with Gasteiger partial charge < -0.3 is 10.4 Å². The summed E-state index contributed by atoms with van der Waals surface area (Å²) in [6.07, 6.45) is 4.78. The fraction of sp³-hybridized carbons (Fsp3) is 0.346. The largest absolute Gasteiger partial charge is 0.481 e. The molecule has 34 heavy (non-hydrogen) atoms. The van der Waals surface area contributed by atoms with E-state index < -0.39 is 17.6 Å². The summed E-state index contributed by atoms with van der Waals surface area (Å²) in [6, 6.07) is 10.6. The molecule has 6 nitrogen and oxygen atoms in total. The van der Waals surface area contributed by atoms with Gasteiger partial charge in [0.25, 0.3) is 5.91 Å². The van der Waals surface area contributed by atoms with Crippen LogP contribution in [0.3, 0.4) is 0 Å². The number of amides is 1. The number of aliphatic carboxylic acids is 1. The monoisotopic (exact) mass is 467 g/mol. The average Bonchev–Trinajstić information content (AvgIpc) is 2.80. The van der Waals surface area contributed by atoms with E-state index in [0.29, 0.717) is 22.4 Å². The Labute approximate surface area is 197 Å². The summed E-state index contributed by atoms with van der Waals surface area (Å²) in [5.41, 5.74) is 3.44. The Morgan fingerprint density at radius 2 is 1.76 bits per heavy atom. The van der Waals surface area contributed by atoms with E-state index in [1.165, 1.54) is 17.1 Å². The van der Waals surface area contributed by atoms with E-state index in [-0.39, 0.29) is 24.9 Å². The van der Waals surface area contributed by atoms with Crippen LogP contribution in [0.5, 0.6) is 0 Å². The van der Waals surface area contributed by atoms with Gasteiger partial charge in [0.2, 0.25) is 0 Å². The number of hydrogen-bond acceptors (Lipinski definition) is 4. The van der Waals surface area contributed by atoms with Gasteiger partial charge in [-0.25, -0.2) is 13.8 Å². The minimum absolute atomic E-state index is 0.0794. The summed E-state index contributed by atoms with van der Waals surface area (Å²) in [7, 11) is 0. The number of carbonyl (C=O) groups excluding carboxylic acids is 1. The van der Waals surface area contributed by atoms with Crippen LogP contribution in [0.15, 0.2) is 53.1 Å². The Morgan fingerprint density at radius 1 is 1.09 bits per heavy atom. The molecule has 0 bridgehead atoms. The third-order valence-electron chi connectivity index (χ3n) is 6.27. The van der Waals surface area contributed by atoms with E-state index in [0.717, 1.165) is 49.4 Å². The van der Waals surface area contributed by atoms with E-state index in [4.69, 9.17) is 5.11 Å². The van der Waals surface area contributed by atoms with Gasteiger partial charge in [0.1, 0.15) is 18.3 Å². The number of nitrogens with one attached hydrogen (secondary N) is 1. The second-order valence-electron chi connectivity index (χ2n) is 8.77. The molecule has 0 atom stereocenters. The third-order valence-corrected chi connectivity index (χ3v) is 6.27. The number of benzene rings is 2. The van der Waals surface area contributed by atoms with E-state index >= 15 is 0 Å².